The van der Waals surface area contributed by atoms with E-state index in [0.717, 1.165) is 63.0 Å². The maximum atomic E-state index is 11.9. The summed E-state index contributed by atoms with van der Waals surface area (Å²) in [5, 5.41) is 2.99. The standard InChI is InChI=1S/C18H31N3O3/c1-14-15(24-17(20-14)18(2,3)4)6-5-8-19-16(22)7-9-21-10-12-23-13-11-21/h5-13H2,1-4H3,(H,19,22). The van der Waals surface area contributed by atoms with E-state index in [1.807, 2.05) is 6.92 Å². The van der Waals surface area contributed by atoms with Crippen LogP contribution in [-0.4, -0.2) is 55.2 Å². The molecule has 0 aromatic carbocycles. The molecule has 0 unspecified atom stereocenters. The van der Waals surface area contributed by atoms with Crippen molar-refractivity contribution in [2.24, 2.45) is 0 Å². The van der Waals surface area contributed by atoms with Crippen molar-refractivity contribution in [3.8, 4) is 0 Å². The third-order valence-corrected chi connectivity index (χ3v) is 4.20. The summed E-state index contributed by atoms with van der Waals surface area (Å²) >= 11 is 0. The highest BCUT2D eigenvalue weighted by molar-refractivity contribution is 5.76. The molecule has 1 aromatic heterocycles. The van der Waals surface area contributed by atoms with Gasteiger partial charge in [0, 0.05) is 44.4 Å². The number of nitrogens with one attached hydrogen (secondary N) is 1. The third-order valence-electron chi connectivity index (χ3n) is 4.20. The second kappa shape index (κ2) is 8.62. The van der Waals surface area contributed by atoms with E-state index in [-0.39, 0.29) is 11.3 Å². The molecule has 6 heteroatoms. The first kappa shape index (κ1) is 18.9. The molecule has 1 saturated heterocycles. The highest BCUT2D eigenvalue weighted by Crippen LogP contribution is 2.24. The Kier molecular flexibility index (Phi) is 6.80. The molecule has 24 heavy (non-hydrogen) atoms. The van der Waals surface area contributed by atoms with Crippen LogP contribution < -0.4 is 5.32 Å². The summed E-state index contributed by atoms with van der Waals surface area (Å²) in [6.07, 6.45) is 2.22. The fourth-order valence-electron chi connectivity index (χ4n) is 2.63. The van der Waals surface area contributed by atoms with Gasteiger partial charge < -0.3 is 14.5 Å². The molecule has 2 heterocycles. The van der Waals surface area contributed by atoms with Crippen LogP contribution in [0.2, 0.25) is 0 Å². The molecule has 1 amide bonds. The zero-order valence-corrected chi connectivity index (χ0v) is 15.5. The van der Waals surface area contributed by atoms with Crippen LogP contribution in [0.5, 0.6) is 0 Å². The van der Waals surface area contributed by atoms with Crippen LogP contribution in [0.15, 0.2) is 4.42 Å². The molecule has 0 bridgehead atoms. The van der Waals surface area contributed by atoms with Gasteiger partial charge in [-0.05, 0) is 13.3 Å². The van der Waals surface area contributed by atoms with E-state index in [1.165, 1.54) is 0 Å². The lowest BCUT2D eigenvalue weighted by Gasteiger charge is -2.26. The first-order valence-corrected chi connectivity index (χ1v) is 8.90. The van der Waals surface area contributed by atoms with Gasteiger partial charge in [-0.25, -0.2) is 4.98 Å². The highest BCUT2D eigenvalue weighted by atomic mass is 16.5. The van der Waals surface area contributed by atoms with Crippen LogP contribution >= 0.6 is 0 Å². The lowest BCUT2D eigenvalue weighted by molar-refractivity contribution is -0.121. The number of hydrogen-bond acceptors (Lipinski definition) is 5. The van der Waals surface area contributed by atoms with Gasteiger partial charge in [0.15, 0.2) is 5.89 Å². The molecule has 0 atom stereocenters. The predicted octanol–water partition coefficient (Wildman–Crippen LogP) is 2.05. The number of oxazole rings is 1. The Labute approximate surface area is 144 Å². The minimum absolute atomic E-state index is 0.0727. The van der Waals surface area contributed by atoms with Gasteiger partial charge in [0.05, 0.1) is 18.9 Å². The number of morpholine rings is 1. The molecule has 1 aromatic rings. The van der Waals surface area contributed by atoms with Gasteiger partial charge in [-0.2, -0.15) is 0 Å². The zero-order chi connectivity index (χ0) is 17.6. The second-order valence-corrected chi connectivity index (χ2v) is 7.44. The van der Waals surface area contributed by atoms with Crippen LogP contribution in [0.1, 0.15) is 51.0 Å². The Morgan fingerprint density at radius 3 is 2.62 bits per heavy atom. The molecule has 0 radical (unpaired) electrons. The summed E-state index contributed by atoms with van der Waals surface area (Å²) in [6, 6.07) is 0. The maximum absolute atomic E-state index is 11.9. The molecule has 0 aliphatic carbocycles. The Morgan fingerprint density at radius 1 is 1.29 bits per heavy atom. The van der Waals surface area contributed by atoms with E-state index in [1.54, 1.807) is 0 Å². The third kappa shape index (κ3) is 5.91. The molecule has 1 aliphatic heterocycles. The van der Waals surface area contributed by atoms with E-state index in [0.29, 0.717) is 13.0 Å². The number of amides is 1. The van der Waals surface area contributed by atoms with Gasteiger partial charge in [-0.3, -0.25) is 9.69 Å². The van der Waals surface area contributed by atoms with Gasteiger partial charge in [0.2, 0.25) is 5.91 Å². The topological polar surface area (TPSA) is 67.6 Å². The minimum atomic E-state index is -0.0727. The number of hydrogen-bond donors (Lipinski definition) is 1. The van der Waals surface area contributed by atoms with Crippen molar-refractivity contribution in [1.29, 1.82) is 0 Å². The molecular weight excluding hydrogens is 306 g/mol. The lowest BCUT2D eigenvalue weighted by Crippen LogP contribution is -2.38. The monoisotopic (exact) mass is 337 g/mol. The largest absolute Gasteiger partial charge is 0.445 e. The van der Waals surface area contributed by atoms with Crippen LogP contribution in [0, 0.1) is 6.92 Å². The molecule has 2 rings (SSSR count). The predicted molar refractivity (Wildman–Crippen MR) is 93.1 cm³/mol. The average Bonchev–Trinajstić information content (AvgIpc) is 2.92. The minimum Gasteiger partial charge on any atom is -0.445 e. The summed E-state index contributed by atoms with van der Waals surface area (Å²) < 4.78 is 11.2. The average molecular weight is 337 g/mol. The molecule has 1 N–H and O–H groups in total. The van der Waals surface area contributed by atoms with Gasteiger partial charge in [-0.1, -0.05) is 20.8 Å². The Hall–Kier alpha value is -1.40. The normalized spacial score (nSPS) is 16.3. The lowest BCUT2D eigenvalue weighted by atomic mass is 9.97. The van der Waals surface area contributed by atoms with Crippen molar-refractivity contribution in [3.63, 3.8) is 0 Å². The first-order valence-electron chi connectivity index (χ1n) is 8.90. The Morgan fingerprint density at radius 2 is 2.00 bits per heavy atom. The first-order chi connectivity index (χ1) is 11.4. The van der Waals surface area contributed by atoms with Gasteiger partial charge in [0.25, 0.3) is 0 Å². The molecule has 136 valence electrons. The van der Waals surface area contributed by atoms with Crippen LogP contribution in [0.25, 0.3) is 0 Å². The smallest absolute Gasteiger partial charge is 0.221 e. The fourth-order valence-corrected chi connectivity index (χ4v) is 2.63. The number of carbonyl (C=O) groups is 1. The number of ether oxygens (including phenoxy) is 1. The van der Waals surface area contributed by atoms with Crippen molar-refractivity contribution in [2.45, 2.75) is 52.4 Å². The number of aromatic nitrogens is 1. The maximum Gasteiger partial charge on any atom is 0.221 e. The number of nitrogens with zero attached hydrogens (tertiary/aromatic N) is 2. The van der Waals surface area contributed by atoms with Crippen molar-refractivity contribution >= 4 is 5.91 Å². The molecular formula is C18H31N3O3. The van der Waals surface area contributed by atoms with E-state index in [9.17, 15) is 4.79 Å². The van der Waals surface area contributed by atoms with E-state index < -0.39 is 0 Å². The zero-order valence-electron chi connectivity index (χ0n) is 15.5. The van der Waals surface area contributed by atoms with Gasteiger partial charge in [0.1, 0.15) is 5.76 Å². The summed E-state index contributed by atoms with van der Waals surface area (Å²) in [5.74, 6) is 1.83. The van der Waals surface area contributed by atoms with E-state index >= 15 is 0 Å². The van der Waals surface area contributed by atoms with Crippen molar-refractivity contribution < 1.29 is 13.9 Å². The molecule has 1 fully saturated rings. The summed E-state index contributed by atoms with van der Waals surface area (Å²) in [6.45, 7) is 13.1. The van der Waals surface area contributed by atoms with Gasteiger partial charge >= 0.3 is 0 Å². The van der Waals surface area contributed by atoms with Crippen molar-refractivity contribution in [1.82, 2.24) is 15.2 Å². The molecule has 0 saturated carbocycles. The molecule has 0 spiro atoms. The van der Waals surface area contributed by atoms with E-state index in [2.05, 4.69) is 36.0 Å². The van der Waals surface area contributed by atoms with Crippen LogP contribution in [-0.2, 0) is 21.4 Å². The van der Waals surface area contributed by atoms with Crippen molar-refractivity contribution in [2.75, 3.05) is 39.4 Å². The van der Waals surface area contributed by atoms with E-state index in [4.69, 9.17) is 9.15 Å². The van der Waals surface area contributed by atoms with Crippen LogP contribution in [0.3, 0.4) is 0 Å². The molecule has 1 aliphatic rings. The number of rotatable bonds is 7. The summed E-state index contributed by atoms with van der Waals surface area (Å²) in [7, 11) is 0. The second-order valence-electron chi connectivity index (χ2n) is 7.44. The number of carbonyl (C=O) groups excluding carboxylic acids is 1. The van der Waals surface area contributed by atoms with Gasteiger partial charge in [-0.15, -0.1) is 0 Å². The Bertz CT molecular complexity index is 528. The highest BCUT2D eigenvalue weighted by Gasteiger charge is 2.22. The van der Waals surface area contributed by atoms with Crippen LogP contribution in [0.4, 0.5) is 0 Å². The van der Waals surface area contributed by atoms with Crippen molar-refractivity contribution in [3.05, 3.63) is 17.3 Å². The summed E-state index contributed by atoms with van der Waals surface area (Å²) in [4.78, 5) is 18.7. The number of aryl methyl sites for hydroxylation is 2. The summed E-state index contributed by atoms with van der Waals surface area (Å²) in [5.41, 5.74) is 0.884. The molecule has 6 nitrogen and oxygen atoms in total. The Balaban J connectivity index is 1.63. The SMILES string of the molecule is Cc1nc(C(C)(C)C)oc1CCCNC(=O)CCN1CCOCC1. The fraction of sp³-hybridized carbons (Fsp3) is 0.778. The quantitative estimate of drug-likeness (QED) is 0.771.